The third-order valence-corrected chi connectivity index (χ3v) is 7.30. The van der Waals surface area contributed by atoms with Gasteiger partial charge in [-0.1, -0.05) is 29.8 Å². The highest BCUT2D eigenvalue weighted by Crippen LogP contribution is 2.43. The van der Waals surface area contributed by atoms with Crippen molar-refractivity contribution in [3.05, 3.63) is 48.2 Å². The van der Waals surface area contributed by atoms with Crippen LogP contribution in [0.2, 0.25) is 0 Å². The number of ether oxygens (including phenoxy) is 1. The zero-order valence-corrected chi connectivity index (χ0v) is 22.7. The molecule has 1 aliphatic carbocycles. The summed E-state index contributed by atoms with van der Waals surface area (Å²) < 4.78 is 27.9. The highest BCUT2D eigenvalue weighted by Gasteiger charge is 2.52. The van der Waals surface area contributed by atoms with E-state index in [9.17, 15) is 18.0 Å². The summed E-state index contributed by atoms with van der Waals surface area (Å²) in [6.07, 6.45) is 5.04. The minimum absolute atomic E-state index is 0.0329. The number of benzene rings is 1. The second-order valence-corrected chi connectivity index (χ2v) is 12.4. The molecule has 1 N–H and O–H groups in total. The topological polar surface area (TPSA) is 129 Å². The zero-order chi connectivity index (χ0) is 27.4. The molecule has 1 saturated carbocycles. The maximum atomic E-state index is 12.3. The number of piperidine rings is 1. The van der Waals surface area contributed by atoms with Gasteiger partial charge in [-0.2, -0.15) is 5.26 Å². The van der Waals surface area contributed by atoms with Gasteiger partial charge >= 0.3 is 6.09 Å². The van der Waals surface area contributed by atoms with E-state index in [1.165, 1.54) is 11.6 Å². The molecule has 1 aromatic carbocycles. The lowest BCUT2D eigenvalue weighted by Gasteiger charge is -2.35. The molecule has 3 atom stereocenters. The Morgan fingerprint density at radius 2 is 1.78 bits per heavy atom. The lowest BCUT2D eigenvalue weighted by molar-refractivity contribution is -0.127. The van der Waals surface area contributed by atoms with Crippen LogP contribution in [0.15, 0.2) is 47.6 Å². The zero-order valence-electron chi connectivity index (χ0n) is 21.9. The summed E-state index contributed by atoms with van der Waals surface area (Å²) in [5.41, 5.74) is 2.56. The first-order chi connectivity index (χ1) is 17.3. The number of carbonyl (C=O) groups is 2. The quantitative estimate of drug-likeness (QED) is 0.599. The number of amides is 2. The molecule has 2 bridgehead atoms. The number of aryl methyl sites for hydroxylation is 1. The van der Waals surface area contributed by atoms with Crippen molar-refractivity contribution in [2.24, 2.45) is 5.92 Å². The molecule has 2 fully saturated rings. The van der Waals surface area contributed by atoms with Crippen molar-refractivity contribution in [1.29, 1.82) is 5.26 Å². The number of fused-ring (bicyclic) bond motifs is 2. The standard InChI is InChI=1S/C14H21N3O3.C13H13NO2S/c1-14(2,3)20-13(19)17-10-5-4-9(8-10)11(17)12(18)16-7-6-15;1-10-3-5-11(6-4-10)12-7-8-13(14-9-12)17(2,15)16/h9-11H,4-5,7-8H2,1-3H3,(H,16,18);3-9H,1-2H3. The van der Waals surface area contributed by atoms with Crippen LogP contribution in [0, 0.1) is 24.2 Å². The average molecular weight is 527 g/mol. The van der Waals surface area contributed by atoms with Gasteiger partial charge in [-0.15, -0.1) is 0 Å². The predicted octanol–water partition coefficient (Wildman–Crippen LogP) is 3.87. The van der Waals surface area contributed by atoms with Crippen LogP contribution in [0.1, 0.15) is 45.6 Å². The Bertz CT molecular complexity index is 1260. The molecule has 2 amide bonds. The summed E-state index contributed by atoms with van der Waals surface area (Å²) >= 11 is 0. The smallest absolute Gasteiger partial charge is 0.411 e. The normalized spacial score (nSPS) is 20.4. The Kier molecular flexibility index (Phi) is 8.59. The first-order valence-electron chi connectivity index (χ1n) is 12.2. The lowest BCUT2D eigenvalue weighted by Crippen LogP contribution is -2.53. The molecule has 198 valence electrons. The van der Waals surface area contributed by atoms with Crippen LogP contribution in [0.4, 0.5) is 4.79 Å². The summed E-state index contributed by atoms with van der Waals surface area (Å²) in [6, 6.07) is 12.8. The number of carbonyl (C=O) groups excluding carboxylic acids is 2. The van der Waals surface area contributed by atoms with E-state index in [0.29, 0.717) is 0 Å². The minimum Gasteiger partial charge on any atom is -0.444 e. The van der Waals surface area contributed by atoms with E-state index >= 15 is 0 Å². The Morgan fingerprint density at radius 1 is 1.14 bits per heavy atom. The highest BCUT2D eigenvalue weighted by molar-refractivity contribution is 7.90. The molecular formula is C27H34N4O5S. The maximum Gasteiger partial charge on any atom is 0.411 e. The molecule has 3 unspecified atom stereocenters. The number of nitrogens with one attached hydrogen (secondary N) is 1. The summed E-state index contributed by atoms with van der Waals surface area (Å²) in [4.78, 5) is 30.0. The Hall–Kier alpha value is -3.45. The fourth-order valence-corrected chi connectivity index (χ4v) is 5.21. The van der Waals surface area contributed by atoms with Crippen LogP contribution < -0.4 is 5.32 Å². The maximum absolute atomic E-state index is 12.3. The van der Waals surface area contributed by atoms with Crippen molar-refractivity contribution in [2.45, 2.75) is 69.7 Å². The van der Waals surface area contributed by atoms with Gasteiger partial charge < -0.3 is 10.1 Å². The number of hydrogen-bond donors (Lipinski definition) is 1. The number of nitrogens with zero attached hydrogens (tertiary/aromatic N) is 3. The molecule has 0 spiro atoms. The molecule has 0 radical (unpaired) electrons. The van der Waals surface area contributed by atoms with E-state index in [-0.39, 0.29) is 29.4 Å². The highest BCUT2D eigenvalue weighted by atomic mass is 32.2. The third-order valence-electron chi connectivity index (χ3n) is 6.30. The van der Waals surface area contributed by atoms with E-state index in [4.69, 9.17) is 10.00 Å². The monoisotopic (exact) mass is 526 g/mol. The second kappa shape index (κ2) is 11.3. The Morgan fingerprint density at radius 3 is 2.32 bits per heavy atom. The predicted molar refractivity (Wildman–Crippen MR) is 139 cm³/mol. The Balaban J connectivity index is 0.000000208. The molecule has 2 aliphatic rings. The number of likely N-dealkylation sites (tertiary alicyclic amines) is 1. The van der Waals surface area contributed by atoms with Crippen molar-refractivity contribution in [1.82, 2.24) is 15.2 Å². The van der Waals surface area contributed by atoms with Gasteiger partial charge in [0.1, 0.15) is 18.2 Å². The van der Waals surface area contributed by atoms with Crippen LogP contribution in [-0.4, -0.2) is 60.8 Å². The van der Waals surface area contributed by atoms with E-state index in [2.05, 4.69) is 10.3 Å². The van der Waals surface area contributed by atoms with Gasteiger partial charge in [0.05, 0.1) is 6.07 Å². The van der Waals surface area contributed by atoms with Gasteiger partial charge in [0.2, 0.25) is 5.91 Å². The van der Waals surface area contributed by atoms with Crippen LogP contribution in [0.25, 0.3) is 11.1 Å². The van der Waals surface area contributed by atoms with Crippen LogP contribution >= 0.6 is 0 Å². The van der Waals surface area contributed by atoms with Gasteiger partial charge in [0, 0.05) is 24.1 Å². The summed E-state index contributed by atoms with van der Waals surface area (Å²) in [7, 11) is -3.22. The number of hydrogen-bond acceptors (Lipinski definition) is 7. The number of sulfone groups is 1. The van der Waals surface area contributed by atoms with E-state index in [0.717, 1.165) is 36.6 Å². The first kappa shape index (κ1) is 28.1. The van der Waals surface area contributed by atoms with Crippen molar-refractivity contribution in [3.8, 4) is 17.2 Å². The number of aromatic nitrogens is 1. The molecule has 2 aromatic rings. The van der Waals surface area contributed by atoms with Crippen molar-refractivity contribution >= 4 is 21.8 Å². The molecule has 9 nitrogen and oxygen atoms in total. The molecule has 10 heteroatoms. The Labute approximate surface area is 218 Å². The number of pyridine rings is 1. The fourth-order valence-electron chi connectivity index (χ4n) is 4.65. The van der Waals surface area contributed by atoms with Gasteiger partial charge in [-0.3, -0.25) is 9.69 Å². The van der Waals surface area contributed by atoms with Gasteiger partial charge in [-0.05, 0) is 70.6 Å². The van der Waals surface area contributed by atoms with Crippen LogP contribution in [0.3, 0.4) is 0 Å². The van der Waals surface area contributed by atoms with Crippen molar-refractivity contribution in [3.63, 3.8) is 0 Å². The SMILES string of the molecule is CC(C)(C)OC(=O)N1C2CCC(C2)C1C(=O)NCC#N.Cc1ccc(-c2ccc(S(C)(=O)=O)nc2)cc1. The third kappa shape index (κ3) is 7.29. The summed E-state index contributed by atoms with van der Waals surface area (Å²) in [5, 5.41) is 11.2. The first-order valence-corrected chi connectivity index (χ1v) is 14.1. The van der Waals surface area contributed by atoms with Gasteiger partial charge in [0.15, 0.2) is 14.9 Å². The van der Waals surface area contributed by atoms with Crippen molar-refractivity contribution in [2.75, 3.05) is 12.8 Å². The molecule has 1 aromatic heterocycles. The average Bonchev–Trinajstić information content (AvgIpc) is 3.44. The lowest BCUT2D eigenvalue weighted by atomic mass is 9.98. The van der Waals surface area contributed by atoms with Crippen LogP contribution in [-0.2, 0) is 19.4 Å². The largest absolute Gasteiger partial charge is 0.444 e. The van der Waals surface area contributed by atoms with Crippen LogP contribution in [0.5, 0.6) is 0 Å². The minimum atomic E-state index is -3.22. The van der Waals surface area contributed by atoms with E-state index in [1.54, 1.807) is 17.2 Å². The molecule has 4 rings (SSSR count). The number of rotatable bonds is 4. The summed E-state index contributed by atoms with van der Waals surface area (Å²) in [6.45, 7) is 7.42. The van der Waals surface area contributed by atoms with Crippen molar-refractivity contribution < 1.29 is 22.7 Å². The number of nitriles is 1. The molecule has 1 saturated heterocycles. The van der Waals surface area contributed by atoms with Gasteiger partial charge in [0.25, 0.3) is 0 Å². The summed E-state index contributed by atoms with van der Waals surface area (Å²) in [5.74, 6) is -0.0594. The second-order valence-electron chi connectivity index (χ2n) is 10.5. The molecule has 1 aliphatic heterocycles. The molecule has 37 heavy (non-hydrogen) atoms. The van der Waals surface area contributed by atoms with Gasteiger partial charge in [-0.25, -0.2) is 18.2 Å². The molecular weight excluding hydrogens is 492 g/mol. The van der Waals surface area contributed by atoms with E-state index in [1.807, 2.05) is 58.0 Å². The molecule has 2 heterocycles. The fraction of sp³-hybridized carbons (Fsp3) is 0.481. The van der Waals surface area contributed by atoms with E-state index < -0.39 is 27.6 Å².